The van der Waals surface area contributed by atoms with E-state index in [4.69, 9.17) is 4.74 Å². The molecule has 1 aromatic heterocycles. The number of hydrogen-bond donors (Lipinski definition) is 2. The van der Waals surface area contributed by atoms with Gasteiger partial charge in [-0.1, -0.05) is 13.8 Å². The molecule has 0 saturated carbocycles. The molecule has 0 spiro atoms. The van der Waals surface area contributed by atoms with Crippen LogP contribution in [0.3, 0.4) is 0 Å². The Hall–Kier alpha value is -1.35. The number of thiazole rings is 1. The molecule has 0 aromatic carbocycles. The lowest BCUT2D eigenvalue weighted by Crippen LogP contribution is -2.38. The number of aromatic nitrogens is 1. The molecule has 0 atom stereocenters. The van der Waals surface area contributed by atoms with Crippen molar-refractivity contribution in [1.82, 2.24) is 15.6 Å². The van der Waals surface area contributed by atoms with Crippen LogP contribution in [-0.2, 0) is 17.3 Å². The molecule has 0 unspecified atom stereocenters. The molecule has 0 radical (unpaired) electrons. The maximum atomic E-state index is 12.5. The smallest absolute Gasteiger partial charge is 0.379 e. The van der Waals surface area contributed by atoms with E-state index in [1.807, 2.05) is 6.92 Å². The topological polar surface area (TPSA) is 58.5 Å². The summed E-state index contributed by atoms with van der Waals surface area (Å²) in [5.41, 5.74) is -0.828. The van der Waals surface area contributed by atoms with Crippen LogP contribution in [0.2, 0.25) is 0 Å². The van der Waals surface area contributed by atoms with Crippen molar-refractivity contribution < 1.29 is 17.9 Å². The van der Waals surface area contributed by atoms with Gasteiger partial charge < -0.3 is 15.4 Å². The molecule has 0 fully saturated rings. The third kappa shape index (κ3) is 8.49. The third-order valence-corrected chi connectivity index (χ3v) is 3.68. The van der Waals surface area contributed by atoms with Gasteiger partial charge in [-0.25, -0.2) is 4.98 Å². The fourth-order valence-corrected chi connectivity index (χ4v) is 2.53. The van der Waals surface area contributed by atoms with Gasteiger partial charge >= 0.3 is 6.18 Å². The van der Waals surface area contributed by atoms with Gasteiger partial charge in [0.2, 0.25) is 0 Å². The summed E-state index contributed by atoms with van der Waals surface area (Å²) in [6, 6.07) is 0. The Morgan fingerprint density at radius 2 is 2.12 bits per heavy atom. The summed E-state index contributed by atoms with van der Waals surface area (Å²) in [7, 11) is 0. The van der Waals surface area contributed by atoms with Crippen molar-refractivity contribution in [1.29, 1.82) is 0 Å². The first-order valence-corrected chi connectivity index (χ1v) is 8.82. The summed E-state index contributed by atoms with van der Waals surface area (Å²) in [5.74, 6) is 1.11. The van der Waals surface area contributed by atoms with Crippen LogP contribution in [0.15, 0.2) is 10.4 Å². The van der Waals surface area contributed by atoms with Gasteiger partial charge in [0.15, 0.2) is 11.7 Å². The first-order valence-electron chi connectivity index (χ1n) is 7.94. The fraction of sp³-hybridized carbons (Fsp3) is 0.733. The van der Waals surface area contributed by atoms with Crippen molar-refractivity contribution >= 4 is 17.3 Å². The van der Waals surface area contributed by atoms with Crippen LogP contribution < -0.4 is 10.6 Å². The normalized spacial score (nSPS) is 12.7. The van der Waals surface area contributed by atoms with Gasteiger partial charge in [-0.05, 0) is 12.8 Å². The van der Waals surface area contributed by atoms with Gasteiger partial charge in [-0.15, -0.1) is 11.3 Å². The van der Waals surface area contributed by atoms with E-state index < -0.39 is 11.9 Å². The quantitative estimate of drug-likeness (QED) is 0.401. The number of nitrogens with one attached hydrogen (secondary N) is 2. The molecule has 1 rings (SSSR count). The standard InChI is InChI=1S/C15H25F3N4OS/c1-4-19-14(21-7-8-23-9-11(2)3)20-6-5-13-22-12(10-24-13)15(16,17)18/h10-11H,4-9H2,1-3H3,(H2,19,20,21). The summed E-state index contributed by atoms with van der Waals surface area (Å²) >= 11 is 1.02. The number of hydrogen-bond acceptors (Lipinski definition) is 4. The van der Waals surface area contributed by atoms with E-state index in [1.54, 1.807) is 0 Å². The van der Waals surface area contributed by atoms with Crippen LogP contribution in [0, 0.1) is 5.92 Å². The number of alkyl halides is 3. The fourth-order valence-electron chi connectivity index (χ4n) is 1.73. The largest absolute Gasteiger partial charge is 0.434 e. The molecule has 0 amide bonds. The van der Waals surface area contributed by atoms with Crippen LogP contribution in [0.1, 0.15) is 31.5 Å². The van der Waals surface area contributed by atoms with Gasteiger partial charge in [0.25, 0.3) is 0 Å². The van der Waals surface area contributed by atoms with Crippen LogP contribution in [0.5, 0.6) is 0 Å². The molecular formula is C15H25F3N4OS. The van der Waals surface area contributed by atoms with Gasteiger partial charge in [0.1, 0.15) is 0 Å². The van der Waals surface area contributed by atoms with Crippen LogP contribution in [-0.4, -0.2) is 43.8 Å². The number of aliphatic imine (C=N–C) groups is 1. The second-order valence-corrected chi connectivity index (χ2v) is 6.47. The maximum Gasteiger partial charge on any atom is 0.434 e. The molecule has 0 aliphatic heterocycles. The van der Waals surface area contributed by atoms with Gasteiger partial charge in [-0.3, -0.25) is 4.99 Å². The summed E-state index contributed by atoms with van der Waals surface area (Å²) in [4.78, 5) is 7.96. The zero-order chi connectivity index (χ0) is 18.0. The van der Waals surface area contributed by atoms with E-state index in [-0.39, 0.29) is 0 Å². The molecule has 138 valence electrons. The predicted octanol–water partition coefficient (Wildman–Crippen LogP) is 2.93. The molecule has 5 nitrogen and oxygen atoms in total. The highest BCUT2D eigenvalue weighted by molar-refractivity contribution is 7.09. The Kier molecular flexibility index (Phi) is 9.05. The second-order valence-electron chi connectivity index (χ2n) is 5.53. The van der Waals surface area contributed by atoms with Gasteiger partial charge in [0, 0.05) is 31.5 Å². The number of guanidine groups is 1. The average Bonchev–Trinajstić information content (AvgIpc) is 2.95. The SMILES string of the molecule is CCNC(=NCCOCC(C)C)NCCc1nc(C(F)(F)F)cs1. The second kappa shape index (κ2) is 10.5. The highest BCUT2D eigenvalue weighted by atomic mass is 32.1. The molecule has 9 heteroatoms. The Balaban J connectivity index is 2.36. The first kappa shape index (κ1) is 20.7. The summed E-state index contributed by atoms with van der Waals surface area (Å²) in [6.07, 6.45) is -3.97. The molecule has 0 aliphatic rings. The van der Waals surface area contributed by atoms with E-state index in [9.17, 15) is 13.2 Å². The number of halogens is 3. The van der Waals surface area contributed by atoms with E-state index >= 15 is 0 Å². The van der Waals surface area contributed by atoms with Gasteiger partial charge in [-0.2, -0.15) is 13.2 Å². The number of ether oxygens (including phenoxy) is 1. The zero-order valence-corrected chi connectivity index (χ0v) is 15.1. The zero-order valence-electron chi connectivity index (χ0n) is 14.2. The predicted molar refractivity (Wildman–Crippen MR) is 90.5 cm³/mol. The van der Waals surface area contributed by atoms with Crippen LogP contribution >= 0.6 is 11.3 Å². The van der Waals surface area contributed by atoms with Crippen LogP contribution in [0.4, 0.5) is 13.2 Å². The van der Waals surface area contributed by atoms with E-state index in [0.717, 1.165) is 16.7 Å². The van der Waals surface area contributed by atoms with Crippen molar-refractivity contribution in [2.45, 2.75) is 33.4 Å². The van der Waals surface area contributed by atoms with E-state index in [1.165, 1.54) is 0 Å². The van der Waals surface area contributed by atoms with Crippen molar-refractivity contribution in [3.63, 3.8) is 0 Å². The highest BCUT2D eigenvalue weighted by Crippen LogP contribution is 2.29. The Morgan fingerprint density at radius 3 is 2.71 bits per heavy atom. The lowest BCUT2D eigenvalue weighted by atomic mass is 10.2. The van der Waals surface area contributed by atoms with Crippen molar-refractivity contribution in [3.8, 4) is 0 Å². The average molecular weight is 366 g/mol. The summed E-state index contributed by atoms with van der Waals surface area (Å²) in [6.45, 7) is 9.04. The summed E-state index contributed by atoms with van der Waals surface area (Å²) in [5, 5.41) is 7.66. The highest BCUT2D eigenvalue weighted by Gasteiger charge is 2.33. The minimum atomic E-state index is -4.38. The van der Waals surface area contributed by atoms with Gasteiger partial charge in [0.05, 0.1) is 18.2 Å². The molecule has 24 heavy (non-hydrogen) atoms. The molecule has 0 bridgehead atoms. The van der Waals surface area contributed by atoms with Crippen LogP contribution in [0.25, 0.3) is 0 Å². The summed E-state index contributed by atoms with van der Waals surface area (Å²) < 4.78 is 42.9. The molecular weight excluding hydrogens is 341 g/mol. The Morgan fingerprint density at radius 1 is 1.38 bits per heavy atom. The maximum absolute atomic E-state index is 12.5. The minimum absolute atomic E-state index is 0.412. The molecule has 2 N–H and O–H groups in total. The monoisotopic (exact) mass is 366 g/mol. The number of nitrogens with zero attached hydrogens (tertiary/aromatic N) is 2. The molecule has 1 aromatic rings. The number of rotatable bonds is 9. The Labute approximate surface area is 144 Å². The van der Waals surface area contributed by atoms with Crippen molar-refractivity contribution in [3.05, 3.63) is 16.1 Å². The Bertz CT molecular complexity index is 503. The molecule has 1 heterocycles. The third-order valence-electron chi connectivity index (χ3n) is 2.77. The van der Waals surface area contributed by atoms with E-state index in [2.05, 4.69) is 34.5 Å². The molecule has 0 aliphatic carbocycles. The van der Waals surface area contributed by atoms with E-state index in [0.29, 0.717) is 56.2 Å². The lowest BCUT2D eigenvalue weighted by Gasteiger charge is -2.11. The van der Waals surface area contributed by atoms with Crippen molar-refractivity contribution in [2.24, 2.45) is 10.9 Å². The molecule has 0 saturated heterocycles. The minimum Gasteiger partial charge on any atom is -0.379 e. The first-order chi connectivity index (χ1) is 11.3. The lowest BCUT2D eigenvalue weighted by molar-refractivity contribution is -0.140. The van der Waals surface area contributed by atoms with Crippen molar-refractivity contribution in [2.75, 3.05) is 32.8 Å².